The number of ether oxygens (including phenoxy) is 2. The van der Waals surface area contributed by atoms with Crippen LogP contribution in [-0.2, 0) is 0 Å². The van der Waals surface area contributed by atoms with E-state index in [1.807, 2.05) is 0 Å². The minimum atomic E-state index is -0.117. The van der Waals surface area contributed by atoms with Crippen molar-refractivity contribution >= 4 is 17.0 Å². The number of nitrogens with two attached hydrogens (primary N) is 1. The van der Waals surface area contributed by atoms with Crippen molar-refractivity contribution in [2.75, 3.05) is 26.1 Å². The standard InChI is InChI=1S/C8H11N5O3/c1-15-7-10-4-5(9)11-8(16-3-2-14)13-6(4)12-7/h14H,2-3H2,1H3,(H3,9,10,11,12,13). The van der Waals surface area contributed by atoms with Crippen LogP contribution in [0.25, 0.3) is 11.2 Å². The van der Waals surface area contributed by atoms with E-state index < -0.39 is 0 Å². The Morgan fingerprint density at radius 2 is 2.19 bits per heavy atom. The lowest BCUT2D eigenvalue weighted by Crippen LogP contribution is -2.06. The zero-order valence-corrected chi connectivity index (χ0v) is 8.60. The first-order valence-corrected chi connectivity index (χ1v) is 4.55. The number of rotatable bonds is 4. The number of imidazole rings is 1. The van der Waals surface area contributed by atoms with E-state index in [4.69, 9.17) is 20.3 Å². The number of H-pyrrole nitrogens is 1. The lowest BCUT2D eigenvalue weighted by Gasteiger charge is -2.02. The number of aromatic nitrogens is 4. The van der Waals surface area contributed by atoms with Crippen LogP contribution in [0.2, 0.25) is 0 Å². The van der Waals surface area contributed by atoms with Gasteiger partial charge < -0.3 is 20.3 Å². The first-order valence-electron chi connectivity index (χ1n) is 4.55. The molecule has 0 radical (unpaired) electrons. The van der Waals surface area contributed by atoms with Crippen LogP contribution in [0.15, 0.2) is 0 Å². The summed E-state index contributed by atoms with van der Waals surface area (Å²) in [5.74, 6) is 0.192. The second-order valence-corrected chi connectivity index (χ2v) is 2.91. The van der Waals surface area contributed by atoms with Crippen LogP contribution in [-0.4, -0.2) is 45.4 Å². The van der Waals surface area contributed by atoms with E-state index in [1.54, 1.807) is 0 Å². The van der Waals surface area contributed by atoms with E-state index >= 15 is 0 Å². The number of nitrogens with zero attached hydrogens (tertiary/aromatic N) is 3. The Hall–Kier alpha value is -2.09. The summed E-state index contributed by atoms with van der Waals surface area (Å²) in [6.07, 6.45) is 0. The zero-order valence-electron chi connectivity index (χ0n) is 8.60. The van der Waals surface area contributed by atoms with Crippen LogP contribution >= 0.6 is 0 Å². The van der Waals surface area contributed by atoms with E-state index in [9.17, 15) is 0 Å². The van der Waals surface area contributed by atoms with E-state index in [0.29, 0.717) is 17.2 Å². The summed E-state index contributed by atoms with van der Waals surface area (Å²) in [7, 11) is 1.48. The van der Waals surface area contributed by atoms with Gasteiger partial charge in [-0.25, -0.2) is 0 Å². The monoisotopic (exact) mass is 225 g/mol. The van der Waals surface area contributed by atoms with Gasteiger partial charge in [0, 0.05) is 0 Å². The molecule has 0 bridgehead atoms. The smallest absolute Gasteiger partial charge is 0.320 e. The summed E-state index contributed by atoms with van der Waals surface area (Å²) >= 11 is 0. The van der Waals surface area contributed by atoms with Crippen LogP contribution < -0.4 is 15.2 Å². The van der Waals surface area contributed by atoms with Crippen LogP contribution in [0.1, 0.15) is 0 Å². The predicted octanol–water partition coefficient (Wildman–Crippen LogP) is -0.685. The third-order valence-corrected chi connectivity index (χ3v) is 1.84. The SMILES string of the molecule is COc1nc2c(N)nc(OCCO)nc2[nH]1. The Morgan fingerprint density at radius 3 is 2.88 bits per heavy atom. The van der Waals surface area contributed by atoms with Crippen LogP contribution in [0.5, 0.6) is 12.0 Å². The van der Waals surface area contributed by atoms with Crippen LogP contribution in [0, 0.1) is 0 Å². The highest BCUT2D eigenvalue weighted by atomic mass is 16.5. The van der Waals surface area contributed by atoms with Gasteiger partial charge in [-0.2, -0.15) is 15.0 Å². The highest BCUT2D eigenvalue weighted by Crippen LogP contribution is 2.20. The van der Waals surface area contributed by atoms with Crippen molar-refractivity contribution in [1.82, 2.24) is 19.9 Å². The number of hydrogen-bond acceptors (Lipinski definition) is 7. The summed E-state index contributed by atoms with van der Waals surface area (Å²) in [4.78, 5) is 14.7. The van der Waals surface area contributed by atoms with Crippen molar-refractivity contribution in [1.29, 1.82) is 0 Å². The minimum absolute atomic E-state index is 0.0883. The minimum Gasteiger partial charge on any atom is -0.468 e. The van der Waals surface area contributed by atoms with Gasteiger partial charge >= 0.3 is 6.01 Å². The number of fused-ring (bicyclic) bond motifs is 1. The van der Waals surface area contributed by atoms with Gasteiger partial charge in [-0.3, -0.25) is 4.98 Å². The molecule has 16 heavy (non-hydrogen) atoms. The molecule has 0 unspecified atom stereocenters. The van der Waals surface area contributed by atoms with Crippen LogP contribution in [0.3, 0.4) is 0 Å². The van der Waals surface area contributed by atoms with Crippen molar-refractivity contribution in [3.05, 3.63) is 0 Å². The molecule has 0 atom stereocenters. The van der Waals surface area contributed by atoms with E-state index in [0.717, 1.165) is 0 Å². The highest BCUT2D eigenvalue weighted by Gasteiger charge is 2.11. The van der Waals surface area contributed by atoms with Gasteiger partial charge in [0.15, 0.2) is 17.0 Å². The third-order valence-electron chi connectivity index (χ3n) is 1.84. The van der Waals surface area contributed by atoms with E-state index in [-0.39, 0.29) is 25.0 Å². The molecule has 0 fully saturated rings. The molecular formula is C8H11N5O3. The Kier molecular flexibility index (Phi) is 2.73. The van der Waals surface area contributed by atoms with Gasteiger partial charge in [-0.1, -0.05) is 0 Å². The lowest BCUT2D eigenvalue weighted by molar-refractivity contribution is 0.192. The maximum Gasteiger partial charge on any atom is 0.320 e. The number of aliphatic hydroxyl groups is 1. The number of anilines is 1. The molecule has 2 heterocycles. The molecule has 0 saturated heterocycles. The number of methoxy groups -OCH3 is 1. The van der Waals surface area contributed by atoms with Crippen LogP contribution in [0.4, 0.5) is 5.82 Å². The molecule has 0 aliphatic carbocycles. The Balaban J connectivity index is 2.40. The average molecular weight is 225 g/mol. The number of nitrogens with one attached hydrogen (secondary N) is 1. The molecule has 0 spiro atoms. The van der Waals surface area contributed by atoms with Gasteiger partial charge in [0.25, 0.3) is 6.01 Å². The first-order chi connectivity index (χ1) is 7.74. The summed E-state index contributed by atoms with van der Waals surface area (Å²) in [5, 5.41) is 8.60. The largest absolute Gasteiger partial charge is 0.468 e. The molecule has 2 aromatic heterocycles. The summed E-state index contributed by atoms with van der Waals surface area (Å²) in [6.45, 7) is -0.0101. The van der Waals surface area contributed by atoms with Crippen molar-refractivity contribution in [3.8, 4) is 12.0 Å². The Labute approximate surface area is 90.4 Å². The summed E-state index contributed by atoms with van der Waals surface area (Å²) in [5.41, 5.74) is 6.52. The second kappa shape index (κ2) is 4.19. The number of nitrogen functional groups attached to an aromatic ring is 1. The van der Waals surface area contributed by atoms with Crippen molar-refractivity contribution in [2.45, 2.75) is 0 Å². The van der Waals surface area contributed by atoms with Gasteiger partial charge in [-0.05, 0) is 0 Å². The van der Waals surface area contributed by atoms with Crippen molar-refractivity contribution in [3.63, 3.8) is 0 Å². The second-order valence-electron chi connectivity index (χ2n) is 2.91. The fourth-order valence-electron chi connectivity index (χ4n) is 1.18. The molecule has 0 aliphatic heterocycles. The summed E-state index contributed by atoms with van der Waals surface area (Å²) in [6, 6.07) is 0.390. The normalized spacial score (nSPS) is 10.6. The molecular weight excluding hydrogens is 214 g/mol. The van der Waals surface area contributed by atoms with Crippen molar-refractivity contribution < 1.29 is 14.6 Å². The Bertz CT molecular complexity index is 498. The molecule has 0 amide bonds. The Morgan fingerprint density at radius 1 is 1.38 bits per heavy atom. The molecule has 8 nitrogen and oxygen atoms in total. The molecule has 2 aromatic rings. The lowest BCUT2D eigenvalue weighted by atomic mass is 10.5. The fraction of sp³-hybridized carbons (Fsp3) is 0.375. The number of aliphatic hydroxyl groups excluding tert-OH is 1. The molecule has 0 aliphatic rings. The fourth-order valence-corrected chi connectivity index (χ4v) is 1.18. The molecule has 2 rings (SSSR count). The summed E-state index contributed by atoms with van der Waals surface area (Å²) < 4.78 is 9.95. The quantitative estimate of drug-likeness (QED) is 0.630. The topological polar surface area (TPSA) is 119 Å². The van der Waals surface area contributed by atoms with Gasteiger partial charge in [0.2, 0.25) is 0 Å². The molecule has 8 heteroatoms. The van der Waals surface area contributed by atoms with E-state index in [2.05, 4.69) is 19.9 Å². The highest BCUT2D eigenvalue weighted by molar-refractivity contribution is 5.82. The zero-order chi connectivity index (χ0) is 11.5. The maximum atomic E-state index is 8.60. The number of hydrogen-bond donors (Lipinski definition) is 3. The third kappa shape index (κ3) is 1.82. The van der Waals surface area contributed by atoms with Crippen molar-refractivity contribution in [2.24, 2.45) is 0 Å². The van der Waals surface area contributed by atoms with Gasteiger partial charge in [-0.15, -0.1) is 0 Å². The van der Waals surface area contributed by atoms with E-state index in [1.165, 1.54) is 7.11 Å². The molecule has 0 saturated carbocycles. The number of aromatic amines is 1. The molecule has 4 N–H and O–H groups in total. The molecule has 86 valence electrons. The predicted molar refractivity (Wildman–Crippen MR) is 55.2 cm³/mol. The van der Waals surface area contributed by atoms with Gasteiger partial charge in [0.05, 0.1) is 13.7 Å². The van der Waals surface area contributed by atoms with Gasteiger partial charge in [0.1, 0.15) is 6.61 Å². The average Bonchev–Trinajstić information content (AvgIpc) is 2.70. The maximum absolute atomic E-state index is 8.60. The molecule has 0 aromatic carbocycles. The first kappa shape index (κ1) is 10.4.